The highest BCUT2D eigenvalue weighted by molar-refractivity contribution is 5.06. The monoisotopic (exact) mass is 237 g/mol. The first kappa shape index (κ1) is 13.1. The van der Waals surface area contributed by atoms with E-state index in [2.05, 4.69) is 25.2 Å². The second-order valence-electron chi connectivity index (χ2n) is 6.01. The lowest BCUT2D eigenvalue weighted by Crippen LogP contribution is -2.32. The fraction of sp³-hybridized carbons (Fsp3) is 0.867. The predicted molar refractivity (Wildman–Crippen MR) is 72.1 cm³/mol. The zero-order chi connectivity index (χ0) is 12.1. The van der Waals surface area contributed by atoms with Crippen molar-refractivity contribution in [2.75, 3.05) is 26.3 Å². The van der Waals surface area contributed by atoms with Crippen LogP contribution in [0.15, 0.2) is 11.6 Å². The summed E-state index contributed by atoms with van der Waals surface area (Å²) in [5.41, 5.74) is 1.58. The lowest BCUT2D eigenvalue weighted by Gasteiger charge is -2.27. The van der Waals surface area contributed by atoms with Crippen LogP contribution in [0.2, 0.25) is 0 Å². The van der Waals surface area contributed by atoms with E-state index in [0.29, 0.717) is 0 Å². The second-order valence-corrected chi connectivity index (χ2v) is 6.01. The maximum atomic E-state index is 5.39. The van der Waals surface area contributed by atoms with E-state index < -0.39 is 0 Å². The van der Waals surface area contributed by atoms with Crippen molar-refractivity contribution in [3.8, 4) is 0 Å². The van der Waals surface area contributed by atoms with Crippen LogP contribution in [0.4, 0.5) is 0 Å². The summed E-state index contributed by atoms with van der Waals surface area (Å²) in [6, 6.07) is 0. The highest BCUT2D eigenvalue weighted by Gasteiger charge is 2.18. The molecule has 2 aliphatic rings. The molecular weight excluding hydrogens is 210 g/mol. The maximum Gasteiger partial charge on any atom is 0.0469 e. The molecule has 17 heavy (non-hydrogen) atoms. The van der Waals surface area contributed by atoms with Gasteiger partial charge in [-0.2, -0.15) is 0 Å². The molecule has 0 radical (unpaired) electrons. The number of ether oxygens (including phenoxy) is 1. The van der Waals surface area contributed by atoms with Crippen molar-refractivity contribution in [2.24, 2.45) is 17.8 Å². The molecule has 1 saturated heterocycles. The molecule has 2 unspecified atom stereocenters. The summed E-state index contributed by atoms with van der Waals surface area (Å²) >= 11 is 0. The van der Waals surface area contributed by atoms with E-state index in [1.165, 1.54) is 38.8 Å². The third-order valence-corrected chi connectivity index (χ3v) is 4.09. The van der Waals surface area contributed by atoms with Crippen molar-refractivity contribution in [3.05, 3.63) is 11.6 Å². The van der Waals surface area contributed by atoms with Crippen molar-refractivity contribution in [1.29, 1.82) is 0 Å². The Morgan fingerprint density at radius 3 is 2.65 bits per heavy atom. The number of allylic oxidation sites excluding steroid dienone is 2. The van der Waals surface area contributed by atoms with Gasteiger partial charge < -0.3 is 10.1 Å². The Labute approximate surface area is 106 Å². The first-order valence-corrected chi connectivity index (χ1v) is 7.20. The molecule has 1 aliphatic heterocycles. The molecule has 0 aromatic carbocycles. The molecule has 0 saturated carbocycles. The Bertz CT molecular complexity index is 256. The zero-order valence-corrected chi connectivity index (χ0v) is 11.4. The van der Waals surface area contributed by atoms with Crippen LogP contribution in [0.25, 0.3) is 0 Å². The fourth-order valence-corrected chi connectivity index (χ4v) is 3.28. The van der Waals surface area contributed by atoms with Gasteiger partial charge in [-0.25, -0.2) is 0 Å². The van der Waals surface area contributed by atoms with Gasteiger partial charge >= 0.3 is 0 Å². The van der Waals surface area contributed by atoms with Crippen molar-refractivity contribution in [2.45, 2.75) is 39.5 Å². The third kappa shape index (κ3) is 4.44. The molecule has 2 heteroatoms. The summed E-state index contributed by atoms with van der Waals surface area (Å²) in [4.78, 5) is 0. The molecule has 0 aromatic rings. The van der Waals surface area contributed by atoms with E-state index in [1.807, 2.05) is 0 Å². The molecule has 1 heterocycles. The first-order valence-electron chi connectivity index (χ1n) is 7.20. The average Bonchev–Trinajstić information content (AvgIpc) is 2.29. The molecule has 0 spiro atoms. The topological polar surface area (TPSA) is 21.3 Å². The molecule has 2 rings (SSSR count). The Morgan fingerprint density at radius 2 is 1.94 bits per heavy atom. The maximum absolute atomic E-state index is 5.39. The molecule has 2 nitrogen and oxygen atoms in total. The molecule has 1 fully saturated rings. The Morgan fingerprint density at radius 1 is 1.24 bits per heavy atom. The van der Waals surface area contributed by atoms with Gasteiger partial charge in [-0.05, 0) is 63.5 Å². The van der Waals surface area contributed by atoms with Crippen LogP contribution in [0.1, 0.15) is 39.5 Å². The highest BCUT2D eigenvalue weighted by atomic mass is 16.5. The first-order chi connectivity index (χ1) is 8.24. The summed E-state index contributed by atoms with van der Waals surface area (Å²) in [7, 11) is 0. The average molecular weight is 237 g/mol. The van der Waals surface area contributed by atoms with E-state index in [1.54, 1.807) is 5.57 Å². The van der Waals surface area contributed by atoms with E-state index in [-0.39, 0.29) is 0 Å². The van der Waals surface area contributed by atoms with Crippen LogP contribution in [0, 0.1) is 17.8 Å². The fourth-order valence-electron chi connectivity index (χ4n) is 3.28. The van der Waals surface area contributed by atoms with E-state index in [9.17, 15) is 0 Å². The van der Waals surface area contributed by atoms with Gasteiger partial charge in [0.1, 0.15) is 0 Å². The summed E-state index contributed by atoms with van der Waals surface area (Å²) in [5.74, 6) is 2.48. The molecule has 2 atom stereocenters. The lowest BCUT2D eigenvalue weighted by atomic mass is 9.83. The quantitative estimate of drug-likeness (QED) is 0.759. The number of nitrogens with one attached hydrogen (secondary N) is 1. The molecule has 1 N–H and O–H groups in total. The van der Waals surface area contributed by atoms with E-state index in [0.717, 1.165) is 31.0 Å². The van der Waals surface area contributed by atoms with Crippen LogP contribution >= 0.6 is 0 Å². The normalized spacial score (nSPS) is 31.3. The minimum absolute atomic E-state index is 0.777. The van der Waals surface area contributed by atoms with Crippen LogP contribution in [-0.4, -0.2) is 26.3 Å². The van der Waals surface area contributed by atoms with Gasteiger partial charge in [0, 0.05) is 13.2 Å². The number of hydrogen-bond donors (Lipinski definition) is 1. The standard InChI is InChI=1S/C15H27NO/c1-12-7-13(2)9-15(8-12)11-16-10-14-3-5-17-6-4-14/h7,12,14-16H,3-6,8-11H2,1-2H3. The smallest absolute Gasteiger partial charge is 0.0469 e. The van der Waals surface area contributed by atoms with Crippen LogP contribution < -0.4 is 5.32 Å². The van der Waals surface area contributed by atoms with E-state index >= 15 is 0 Å². The predicted octanol–water partition coefficient (Wildman–Crippen LogP) is 3.00. The molecule has 1 aliphatic carbocycles. The van der Waals surface area contributed by atoms with Crippen LogP contribution in [0.3, 0.4) is 0 Å². The van der Waals surface area contributed by atoms with Gasteiger partial charge in [-0.3, -0.25) is 0 Å². The number of rotatable bonds is 4. The summed E-state index contributed by atoms with van der Waals surface area (Å²) in [5, 5.41) is 3.68. The minimum atomic E-state index is 0.777. The Kier molecular flexibility index (Phi) is 5.05. The zero-order valence-electron chi connectivity index (χ0n) is 11.4. The summed E-state index contributed by atoms with van der Waals surface area (Å²) in [6.45, 7) is 8.95. The molecule has 98 valence electrons. The van der Waals surface area contributed by atoms with Crippen molar-refractivity contribution < 1.29 is 4.74 Å². The van der Waals surface area contributed by atoms with Crippen LogP contribution in [-0.2, 0) is 4.74 Å². The van der Waals surface area contributed by atoms with Gasteiger partial charge in [0.2, 0.25) is 0 Å². The van der Waals surface area contributed by atoms with Gasteiger partial charge in [-0.15, -0.1) is 0 Å². The van der Waals surface area contributed by atoms with Gasteiger partial charge in [-0.1, -0.05) is 18.6 Å². The van der Waals surface area contributed by atoms with Crippen molar-refractivity contribution in [3.63, 3.8) is 0 Å². The SMILES string of the molecule is CC1=CC(C)CC(CNCC2CCOCC2)C1. The highest BCUT2D eigenvalue weighted by Crippen LogP contribution is 2.27. The Hall–Kier alpha value is -0.340. The van der Waals surface area contributed by atoms with Crippen molar-refractivity contribution in [1.82, 2.24) is 5.32 Å². The van der Waals surface area contributed by atoms with Gasteiger partial charge in [0.15, 0.2) is 0 Å². The molecule has 0 amide bonds. The second kappa shape index (κ2) is 6.55. The van der Waals surface area contributed by atoms with Gasteiger partial charge in [0.25, 0.3) is 0 Å². The summed E-state index contributed by atoms with van der Waals surface area (Å²) < 4.78 is 5.39. The molecule has 0 bridgehead atoms. The summed E-state index contributed by atoms with van der Waals surface area (Å²) in [6.07, 6.45) is 7.58. The van der Waals surface area contributed by atoms with Crippen molar-refractivity contribution >= 4 is 0 Å². The van der Waals surface area contributed by atoms with Crippen LogP contribution in [0.5, 0.6) is 0 Å². The number of hydrogen-bond acceptors (Lipinski definition) is 2. The third-order valence-electron chi connectivity index (χ3n) is 4.09. The largest absolute Gasteiger partial charge is 0.381 e. The molecule has 0 aromatic heterocycles. The molecular formula is C15H27NO. The van der Waals surface area contributed by atoms with E-state index in [4.69, 9.17) is 4.74 Å². The minimum Gasteiger partial charge on any atom is -0.381 e. The lowest BCUT2D eigenvalue weighted by molar-refractivity contribution is 0.0660. The van der Waals surface area contributed by atoms with Gasteiger partial charge in [0.05, 0.1) is 0 Å². The Balaban J connectivity index is 1.63.